The molecular formula is C53H70N18O6. The van der Waals surface area contributed by atoms with Crippen molar-refractivity contribution in [1.29, 1.82) is 0 Å². The number of nitrogens with one attached hydrogen (secondary N) is 6. The summed E-state index contributed by atoms with van der Waals surface area (Å²) in [5.74, 6) is 0.951. The van der Waals surface area contributed by atoms with Crippen LogP contribution in [0, 0.1) is 41.5 Å². The van der Waals surface area contributed by atoms with E-state index in [1.54, 1.807) is 0 Å². The average molecular weight is 1060 g/mol. The van der Waals surface area contributed by atoms with Crippen LogP contribution >= 0.6 is 0 Å². The van der Waals surface area contributed by atoms with E-state index in [2.05, 4.69) is 65.7 Å². The Labute approximate surface area is 442 Å². The zero-order valence-corrected chi connectivity index (χ0v) is 45.1. The standard InChI is InChI=1S/2C18H24N6O2.C17H22N6O2/c1-11-9-13-14(10-12(11)2)24(8-6-19-5-7-23(3)4)16-15(20-13)17(25)22-18(26)21-16;1-11-9-13-14(10-12(11)2)24(8-7-20-6-4-3-5-19)16-15(21-13)17(25)23-18(26)22-16;1-10-8-12-13(9-11(10)2)23(7-6-19-5-3-4-18)15-14(20-12)16(24)22-17(25)21-15/h9-10,19H,5-8H2,1-4H3,(H,22,25,26);9-10,20H,3-8,19H2,1-2H3,(H,23,25,26);8-9,19H,3-7,18H2,1-2H3,(H,22,24,25). The van der Waals surface area contributed by atoms with Crippen LogP contribution < -0.4 is 61.2 Å². The summed E-state index contributed by atoms with van der Waals surface area (Å²) >= 11 is 0. The molecule has 0 saturated heterocycles. The lowest BCUT2D eigenvalue weighted by Gasteiger charge is -2.18. The Kier molecular flexibility index (Phi) is 19.1. The number of hydrogen-bond acceptors (Lipinski definition) is 18. The number of benzene rings is 3. The Hall–Kier alpha value is -7.74. The summed E-state index contributed by atoms with van der Waals surface area (Å²) in [7, 11) is 4.05. The molecule has 408 valence electrons. The van der Waals surface area contributed by atoms with E-state index >= 15 is 0 Å². The minimum absolute atomic E-state index is 0.178. The number of likely N-dealkylation sites (N-methyl/N-ethyl adjacent to an activating group) is 1. The van der Waals surface area contributed by atoms with Gasteiger partial charge in [0.05, 0.1) is 33.1 Å². The topological polar surface area (TPSA) is 333 Å². The number of nitrogens with zero attached hydrogens (tertiary/aromatic N) is 10. The van der Waals surface area contributed by atoms with Crippen LogP contribution in [0.25, 0.3) is 67.7 Å². The van der Waals surface area contributed by atoms with Gasteiger partial charge in [-0.2, -0.15) is 15.0 Å². The third kappa shape index (κ3) is 13.8. The summed E-state index contributed by atoms with van der Waals surface area (Å²) in [6, 6.07) is 11.9. The van der Waals surface area contributed by atoms with Crippen LogP contribution in [0.3, 0.4) is 0 Å². The molecule has 9 rings (SSSR count). The number of rotatable bonds is 19. The Balaban J connectivity index is 0.000000168. The van der Waals surface area contributed by atoms with E-state index in [1.807, 2.05) is 106 Å². The lowest BCUT2D eigenvalue weighted by molar-refractivity contribution is 0.398. The minimum atomic E-state index is -0.660. The van der Waals surface area contributed by atoms with E-state index in [9.17, 15) is 28.8 Å². The highest BCUT2D eigenvalue weighted by molar-refractivity contribution is 5.83. The molecule has 0 radical (unpaired) electrons. The molecule has 0 bridgehead atoms. The number of nitrogens with two attached hydrogens (primary N) is 2. The summed E-state index contributed by atoms with van der Waals surface area (Å²) in [5.41, 5.74) is 19.5. The number of aryl methyl sites for hydroxylation is 6. The van der Waals surface area contributed by atoms with Gasteiger partial charge in [0, 0.05) is 52.4 Å². The van der Waals surface area contributed by atoms with E-state index in [0.717, 1.165) is 106 Å². The van der Waals surface area contributed by atoms with E-state index in [-0.39, 0.29) is 17.1 Å². The monoisotopic (exact) mass is 1050 g/mol. The number of unbranched alkanes of at least 4 members (excludes halogenated alkanes) is 1. The molecule has 0 fully saturated rings. The number of hydrogen-bond donors (Lipinski definition) is 8. The van der Waals surface area contributed by atoms with Gasteiger partial charge in [-0.25, -0.2) is 29.3 Å². The van der Waals surface area contributed by atoms with Crippen molar-refractivity contribution in [2.45, 2.75) is 80.4 Å². The van der Waals surface area contributed by atoms with Crippen LogP contribution in [0.15, 0.2) is 65.2 Å². The third-order valence-corrected chi connectivity index (χ3v) is 13.3. The number of fused-ring (bicyclic) bond motifs is 6. The smallest absolute Gasteiger partial charge is 0.330 e. The van der Waals surface area contributed by atoms with Gasteiger partial charge in [0.2, 0.25) is 0 Å². The van der Waals surface area contributed by atoms with Gasteiger partial charge in [-0.05, 0) is 171 Å². The highest BCUT2D eigenvalue weighted by Crippen LogP contribution is 2.26. The van der Waals surface area contributed by atoms with Crippen LogP contribution in [-0.2, 0) is 19.6 Å². The molecule has 0 aliphatic carbocycles. The molecule has 77 heavy (non-hydrogen) atoms. The molecule has 0 amide bonds. The molecule has 0 atom stereocenters. The van der Waals surface area contributed by atoms with Gasteiger partial charge in [-0.15, -0.1) is 0 Å². The second-order valence-corrected chi connectivity index (χ2v) is 19.4. The van der Waals surface area contributed by atoms with Crippen molar-refractivity contribution in [2.24, 2.45) is 11.5 Å². The summed E-state index contributed by atoms with van der Waals surface area (Å²) in [6.07, 6.45) is 2.89. The highest BCUT2D eigenvalue weighted by Gasteiger charge is 2.22. The molecule has 3 aromatic carbocycles. The Morgan fingerprint density at radius 2 is 0.740 bits per heavy atom. The second-order valence-electron chi connectivity index (χ2n) is 19.4. The number of aromatic nitrogens is 12. The average Bonchev–Trinajstić information content (AvgIpc) is 3.37. The summed E-state index contributed by atoms with van der Waals surface area (Å²) < 4.78 is 5.69. The molecule has 0 aromatic heterocycles. The number of aromatic amines is 3. The molecular weight excluding hydrogens is 985 g/mol. The van der Waals surface area contributed by atoms with Gasteiger partial charge >= 0.3 is 17.1 Å². The first kappa shape index (κ1) is 57.0. The normalized spacial score (nSPS) is 11.6. The minimum Gasteiger partial charge on any atom is -0.330 e. The first-order valence-electron chi connectivity index (χ1n) is 25.8. The molecule has 10 N–H and O–H groups in total. The van der Waals surface area contributed by atoms with Crippen LogP contribution in [-0.4, -0.2) is 136 Å². The van der Waals surface area contributed by atoms with E-state index in [0.29, 0.717) is 75.3 Å². The SMILES string of the molecule is Cc1cc2nc3c(=O)[nH]c(=O)nc-3n(CCNCCCCN)c2cc1C.Cc1cc2nc3c(=O)[nH]c(=O)nc-3n(CCNCCCN)c2cc1C.Cc1cc2nc3c(=O)[nH]c(=O)nc-3n(CCNCCN(C)C)c2cc1C. The van der Waals surface area contributed by atoms with Crippen molar-refractivity contribution < 1.29 is 0 Å². The summed E-state index contributed by atoms with van der Waals surface area (Å²) in [6.45, 7) is 20.7. The fourth-order valence-electron chi connectivity index (χ4n) is 8.70. The number of H-pyrrole nitrogens is 3. The summed E-state index contributed by atoms with van der Waals surface area (Å²) in [5, 5.41) is 10.0. The van der Waals surface area contributed by atoms with E-state index < -0.39 is 33.7 Å². The van der Waals surface area contributed by atoms with Gasteiger partial charge in [-0.3, -0.25) is 29.3 Å². The molecule has 24 heteroatoms. The van der Waals surface area contributed by atoms with Crippen molar-refractivity contribution in [3.8, 4) is 34.6 Å². The highest BCUT2D eigenvalue weighted by atomic mass is 16.2. The Morgan fingerprint density at radius 3 is 1.06 bits per heavy atom. The summed E-state index contributed by atoms with van der Waals surface area (Å²) in [4.78, 5) is 106. The van der Waals surface area contributed by atoms with Crippen molar-refractivity contribution in [3.05, 3.63) is 132 Å². The maximum absolute atomic E-state index is 12.2. The van der Waals surface area contributed by atoms with Gasteiger partial charge in [0.15, 0.2) is 34.6 Å². The Morgan fingerprint density at radius 1 is 0.429 bits per heavy atom. The molecule has 6 heterocycles. The predicted octanol–water partition coefficient (Wildman–Crippen LogP) is 1.02. The molecule has 0 spiro atoms. The maximum Gasteiger partial charge on any atom is 0.349 e. The zero-order chi connectivity index (χ0) is 55.5. The lowest BCUT2D eigenvalue weighted by atomic mass is 10.1. The second kappa shape index (κ2) is 25.9. The van der Waals surface area contributed by atoms with Gasteiger partial charge in [0.25, 0.3) is 16.7 Å². The quantitative estimate of drug-likeness (QED) is 0.0414. The van der Waals surface area contributed by atoms with Gasteiger partial charge in [0.1, 0.15) is 0 Å². The fourth-order valence-corrected chi connectivity index (χ4v) is 8.70. The molecule has 6 aliphatic rings. The molecule has 3 aromatic rings. The Bertz CT molecular complexity index is 3800. The first-order chi connectivity index (χ1) is 36.9. The van der Waals surface area contributed by atoms with Crippen LogP contribution in [0.4, 0.5) is 0 Å². The molecule has 6 aliphatic heterocycles. The van der Waals surface area contributed by atoms with Crippen molar-refractivity contribution in [1.82, 2.24) is 79.4 Å². The van der Waals surface area contributed by atoms with Crippen molar-refractivity contribution in [2.75, 3.05) is 73.0 Å². The van der Waals surface area contributed by atoms with Gasteiger partial charge in [-0.1, -0.05) is 0 Å². The lowest BCUT2D eigenvalue weighted by Crippen LogP contribution is -2.32. The van der Waals surface area contributed by atoms with Crippen LogP contribution in [0.1, 0.15) is 52.6 Å². The van der Waals surface area contributed by atoms with Crippen LogP contribution in [0.2, 0.25) is 0 Å². The van der Waals surface area contributed by atoms with E-state index in [4.69, 9.17) is 11.5 Å². The largest absolute Gasteiger partial charge is 0.349 e. The van der Waals surface area contributed by atoms with Crippen LogP contribution in [0.5, 0.6) is 0 Å². The maximum atomic E-state index is 12.2. The molecule has 24 nitrogen and oxygen atoms in total. The molecule has 0 saturated carbocycles. The van der Waals surface area contributed by atoms with Gasteiger partial charge < -0.3 is 46.0 Å². The zero-order valence-electron chi connectivity index (χ0n) is 45.1. The first-order valence-corrected chi connectivity index (χ1v) is 25.8. The molecule has 0 unspecified atom stereocenters. The van der Waals surface area contributed by atoms with Crippen molar-refractivity contribution >= 4 is 33.1 Å². The predicted molar refractivity (Wildman–Crippen MR) is 301 cm³/mol. The third-order valence-electron chi connectivity index (χ3n) is 13.3. The van der Waals surface area contributed by atoms with E-state index in [1.165, 1.54) is 0 Å². The fraction of sp³-hybridized carbons (Fsp3) is 0.434. The van der Waals surface area contributed by atoms with Crippen molar-refractivity contribution in [3.63, 3.8) is 0 Å².